The highest BCUT2D eigenvalue weighted by Crippen LogP contribution is 2.32. The number of aromatic nitrogens is 2. The molecule has 0 aromatic carbocycles. The number of hydrogen-bond acceptors (Lipinski definition) is 4. The molecule has 0 radical (unpaired) electrons. The summed E-state index contributed by atoms with van der Waals surface area (Å²) < 4.78 is 1.62. The molecule has 3 heterocycles. The van der Waals surface area contributed by atoms with Crippen molar-refractivity contribution in [2.45, 2.75) is 31.3 Å². The van der Waals surface area contributed by atoms with E-state index in [2.05, 4.69) is 10.00 Å². The molecule has 3 rings (SSSR count). The van der Waals surface area contributed by atoms with Crippen LogP contribution in [0.1, 0.15) is 29.8 Å². The minimum atomic E-state index is 0.0272. The highest BCUT2D eigenvalue weighted by Gasteiger charge is 2.45. The molecule has 7 heteroatoms. The predicted molar refractivity (Wildman–Crippen MR) is 85.9 cm³/mol. The van der Waals surface area contributed by atoms with Crippen molar-refractivity contribution in [2.75, 3.05) is 33.7 Å². The van der Waals surface area contributed by atoms with Gasteiger partial charge >= 0.3 is 0 Å². The highest BCUT2D eigenvalue weighted by molar-refractivity contribution is 5.93. The molecular formula is C16H25N5O2. The number of likely N-dealkylation sites (tertiary alicyclic amines) is 2. The van der Waals surface area contributed by atoms with Crippen LogP contribution >= 0.6 is 0 Å². The second kappa shape index (κ2) is 6.31. The van der Waals surface area contributed by atoms with Crippen molar-refractivity contribution in [3.8, 4) is 0 Å². The van der Waals surface area contributed by atoms with Gasteiger partial charge < -0.3 is 14.7 Å². The summed E-state index contributed by atoms with van der Waals surface area (Å²) in [5, 5.41) is 4.09. The summed E-state index contributed by atoms with van der Waals surface area (Å²) in [7, 11) is 5.81. The number of carbonyl (C=O) groups is 2. The van der Waals surface area contributed by atoms with Crippen molar-refractivity contribution in [3.63, 3.8) is 0 Å². The largest absolute Gasteiger partial charge is 0.336 e. The summed E-state index contributed by atoms with van der Waals surface area (Å²) in [4.78, 5) is 31.1. The highest BCUT2D eigenvalue weighted by atomic mass is 16.2. The monoisotopic (exact) mass is 319 g/mol. The van der Waals surface area contributed by atoms with Gasteiger partial charge in [-0.05, 0) is 33.0 Å². The van der Waals surface area contributed by atoms with E-state index in [-0.39, 0.29) is 23.9 Å². The average Bonchev–Trinajstić information content (AvgIpc) is 3.11. The average molecular weight is 319 g/mol. The first-order chi connectivity index (χ1) is 11.0. The molecule has 2 fully saturated rings. The summed E-state index contributed by atoms with van der Waals surface area (Å²) in [5.74, 6) is 0.252. The van der Waals surface area contributed by atoms with Gasteiger partial charge in [-0.2, -0.15) is 5.10 Å². The Morgan fingerprint density at radius 2 is 2.13 bits per heavy atom. The Labute approximate surface area is 136 Å². The number of piperidine rings is 1. The Hall–Kier alpha value is -1.89. The number of nitrogens with zero attached hydrogens (tertiary/aromatic N) is 5. The van der Waals surface area contributed by atoms with Crippen molar-refractivity contribution in [1.29, 1.82) is 0 Å². The maximum absolute atomic E-state index is 12.8. The van der Waals surface area contributed by atoms with E-state index in [9.17, 15) is 9.59 Å². The van der Waals surface area contributed by atoms with Gasteiger partial charge in [0.25, 0.3) is 5.91 Å². The van der Waals surface area contributed by atoms with Gasteiger partial charge in [0.1, 0.15) is 5.69 Å². The van der Waals surface area contributed by atoms with Gasteiger partial charge in [0.05, 0.1) is 12.1 Å². The fourth-order valence-electron chi connectivity index (χ4n) is 3.73. The third kappa shape index (κ3) is 2.97. The summed E-state index contributed by atoms with van der Waals surface area (Å²) >= 11 is 0. The molecule has 2 atom stereocenters. The van der Waals surface area contributed by atoms with E-state index in [1.54, 1.807) is 24.0 Å². The zero-order valence-electron chi connectivity index (χ0n) is 14.1. The first-order valence-electron chi connectivity index (χ1n) is 8.22. The Bertz CT molecular complexity index is 597. The van der Waals surface area contributed by atoms with Crippen LogP contribution in [-0.2, 0) is 11.8 Å². The molecule has 0 bridgehead atoms. The van der Waals surface area contributed by atoms with Gasteiger partial charge in [-0.3, -0.25) is 14.3 Å². The van der Waals surface area contributed by atoms with Crippen LogP contribution in [0.25, 0.3) is 0 Å². The van der Waals surface area contributed by atoms with E-state index in [0.29, 0.717) is 18.7 Å². The number of aryl methyl sites for hydroxylation is 1. The van der Waals surface area contributed by atoms with Crippen LogP contribution in [0, 0.1) is 0 Å². The summed E-state index contributed by atoms with van der Waals surface area (Å²) in [6.45, 7) is 2.30. The third-order valence-corrected chi connectivity index (χ3v) is 4.97. The summed E-state index contributed by atoms with van der Waals surface area (Å²) in [6.07, 6.45) is 3.82. The minimum absolute atomic E-state index is 0.0272. The molecule has 2 aliphatic heterocycles. The van der Waals surface area contributed by atoms with Gasteiger partial charge in [-0.15, -0.1) is 0 Å². The van der Waals surface area contributed by atoms with E-state index in [1.807, 2.05) is 23.9 Å². The molecular weight excluding hydrogens is 294 g/mol. The lowest BCUT2D eigenvalue weighted by Crippen LogP contribution is -2.54. The number of carbonyl (C=O) groups excluding carboxylic acids is 2. The van der Waals surface area contributed by atoms with Crippen LogP contribution < -0.4 is 0 Å². The minimum Gasteiger partial charge on any atom is -0.336 e. The second-order valence-electron chi connectivity index (χ2n) is 6.69. The molecule has 2 aliphatic rings. The van der Waals surface area contributed by atoms with E-state index < -0.39 is 0 Å². The lowest BCUT2D eigenvalue weighted by atomic mass is 9.96. The topological polar surface area (TPSA) is 61.7 Å². The van der Waals surface area contributed by atoms with E-state index in [1.165, 1.54) is 0 Å². The first kappa shape index (κ1) is 16.0. The summed E-state index contributed by atoms with van der Waals surface area (Å²) in [5.41, 5.74) is 0.613. The van der Waals surface area contributed by atoms with Crippen molar-refractivity contribution < 1.29 is 9.59 Å². The van der Waals surface area contributed by atoms with Crippen LogP contribution in [-0.4, -0.2) is 82.1 Å². The Kier molecular flexibility index (Phi) is 4.39. The predicted octanol–water partition coefficient (Wildman–Crippen LogP) is 0.187. The van der Waals surface area contributed by atoms with Gasteiger partial charge in [0.15, 0.2) is 0 Å². The number of likely N-dealkylation sites (N-methyl/N-ethyl adjacent to an activating group) is 1. The molecule has 1 aromatic heterocycles. The lowest BCUT2D eigenvalue weighted by molar-refractivity contribution is -0.137. The first-order valence-corrected chi connectivity index (χ1v) is 8.22. The molecule has 0 aliphatic carbocycles. The maximum Gasteiger partial charge on any atom is 0.272 e. The number of hydrogen-bond donors (Lipinski definition) is 0. The molecule has 126 valence electrons. The third-order valence-electron chi connectivity index (χ3n) is 4.97. The van der Waals surface area contributed by atoms with Crippen molar-refractivity contribution in [3.05, 3.63) is 18.0 Å². The van der Waals surface area contributed by atoms with Crippen LogP contribution in [0.5, 0.6) is 0 Å². The molecule has 2 amide bonds. The van der Waals surface area contributed by atoms with Crippen LogP contribution in [0.3, 0.4) is 0 Å². The molecule has 1 aromatic rings. The van der Waals surface area contributed by atoms with Gasteiger partial charge in [-0.25, -0.2) is 0 Å². The summed E-state index contributed by atoms with van der Waals surface area (Å²) in [6, 6.07) is 2.05. The van der Waals surface area contributed by atoms with Gasteiger partial charge in [0, 0.05) is 39.3 Å². The van der Waals surface area contributed by atoms with Gasteiger partial charge in [0.2, 0.25) is 5.91 Å². The van der Waals surface area contributed by atoms with Gasteiger partial charge in [-0.1, -0.05) is 0 Å². The van der Waals surface area contributed by atoms with Crippen molar-refractivity contribution in [1.82, 2.24) is 24.5 Å². The number of rotatable bonds is 4. The van der Waals surface area contributed by atoms with E-state index in [4.69, 9.17) is 0 Å². The molecule has 0 saturated carbocycles. The lowest BCUT2D eigenvalue weighted by Gasteiger charge is -2.40. The molecule has 0 N–H and O–H groups in total. The normalized spacial score (nSPS) is 24.4. The van der Waals surface area contributed by atoms with Crippen LogP contribution in [0.4, 0.5) is 0 Å². The van der Waals surface area contributed by atoms with E-state index >= 15 is 0 Å². The zero-order valence-corrected chi connectivity index (χ0v) is 14.1. The Balaban J connectivity index is 1.75. The Morgan fingerprint density at radius 1 is 1.35 bits per heavy atom. The molecule has 0 unspecified atom stereocenters. The van der Waals surface area contributed by atoms with Crippen LogP contribution in [0.15, 0.2) is 12.3 Å². The maximum atomic E-state index is 12.8. The standard InChI is InChI=1S/C16H25N5O2/c1-18(2)10-11-20-13-7-9-21(12(13)4-5-15(20)22)16(23)14-6-8-17-19(14)3/h6,8,12-13H,4-5,7,9-11H2,1-3H3/t12-,13-/m1/s1. The van der Waals surface area contributed by atoms with Crippen molar-refractivity contribution >= 4 is 11.8 Å². The van der Waals surface area contributed by atoms with Crippen LogP contribution in [0.2, 0.25) is 0 Å². The molecule has 23 heavy (non-hydrogen) atoms. The molecule has 7 nitrogen and oxygen atoms in total. The molecule has 0 spiro atoms. The smallest absolute Gasteiger partial charge is 0.272 e. The number of fused-ring (bicyclic) bond motifs is 1. The Morgan fingerprint density at radius 3 is 2.78 bits per heavy atom. The SMILES string of the molecule is CN(C)CCN1C(=O)CC[C@@H]2[C@H]1CCN2C(=O)c1ccnn1C. The zero-order chi connectivity index (χ0) is 16.6. The molecule has 2 saturated heterocycles. The van der Waals surface area contributed by atoms with E-state index in [0.717, 1.165) is 25.9 Å². The fourth-order valence-corrected chi connectivity index (χ4v) is 3.73. The quantitative estimate of drug-likeness (QED) is 0.795. The van der Waals surface area contributed by atoms with Crippen molar-refractivity contribution in [2.24, 2.45) is 7.05 Å². The fraction of sp³-hybridized carbons (Fsp3) is 0.688. The number of amides is 2. The second-order valence-corrected chi connectivity index (χ2v) is 6.69.